The van der Waals surface area contributed by atoms with Crippen LogP contribution in [0.25, 0.3) is 0 Å². The zero-order valence-corrected chi connectivity index (χ0v) is 13.5. The molecular formula is C17H32N2O. The predicted octanol–water partition coefficient (Wildman–Crippen LogP) is 2.80. The van der Waals surface area contributed by atoms with E-state index < -0.39 is 0 Å². The van der Waals surface area contributed by atoms with Crippen molar-refractivity contribution in [3.05, 3.63) is 0 Å². The number of hydrogen-bond acceptors (Lipinski definition) is 3. The van der Waals surface area contributed by atoms with E-state index in [2.05, 4.69) is 31.0 Å². The van der Waals surface area contributed by atoms with Crippen molar-refractivity contribution in [1.82, 2.24) is 10.2 Å². The molecule has 2 aliphatic heterocycles. The molecule has 3 rings (SSSR count). The largest absolute Gasteiger partial charge is 0.371 e. The molecule has 0 amide bonds. The molecule has 3 unspecified atom stereocenters. The summed E-state index contributed by atoms with van der Waals surface area (Å²) in [5.41, 5.74) is 0.108. The predicted molar refractivity (Wildman–Crippen MR) is 83.0 cm³/mol. The first-order chi connectivity index (χ1) is 9.57. The standard InChI is InChI=1S/C17H32N2O/c1-4-5-14-11-19(16(10-18-14)13-6-7-13)12-15-8-9-17(2,3)20-15/h13-16,18H,4-12H2,1-3H3. The molecule has 3 aliphatic rings. The van der Waals surface area contributed by atoms with E-state index >= 15 is 0 Å². The van der Waals surface area contributed by atoms with Crippen LogP contribution in [0.1, 0.15) is 59.3 Å². The third-order valence-corrected chi connectivity index (χ3v) is 5.34. The fourth-order valence-corrected chi connectivity index (χ4v) is 4.06. The molecule has 3 heteroatoms. The highest BCUT2D eigenvalue weighted by Crippen LogP contribution is 2.37. The maximum Gasteiger partial charge on any atom is 0.0710 e. The molecule has 0 bridgehead atoms. The van der Waals surface area contributed by atoms with Crippen molar-refractivity contribution in [2.45, 2.75) is 83.1 Å². The highest BCUT2D eigenvalue weighted by molar-refractivity contribution is 4.96. The molecule has 1 N–H and O–H groups in total. The molecule has 0 aromatic rings. The van der Waals surface area contributed by atoms with Crippen molar-refractivity contribution in [2.24, 2.45) is 5.92 Å². The Labute approximate surface area is 124 Å². The van der Waals surface area contributed by atoms with Gasteiger partial charge < -0.3 is 10.1 Å². The maximum atomic E-state index is 6.23. The molecule has 2 heterocycles. The summed E-state index contributed by atoms with van der Waals surface area (Å²) in [6.07, 6.45) is 8.41. The van der Waals surface area contributed by atoms with Crippen molar-refractivity contribution in [3.63, 3.8) is 0 Å². The Morgan fingerprint density at radius 2 is 2.05 bits per heavy atom. The molecular weight excluding hydrogens is 248 g/mol. The van der Waals surface area contributed by atoms with E-state index in [4.69, 9.17) is 4.74 Å². The van der Waals surface area contributed by atoms with Gasteiger partial charge in [-0.3, -0.25) is 4.90 Å². The summed E-state index contributed by atoms with van der Waals surface area (Å²) in [6, 6.07) is 1.47. The van der Waals surface area contributed by atoms with Gasteiger partial charge >= 0.3 is 0 Å². The van der Waals surface area contributed by atoms with Crippen LogP contribution in [-0.2, 0) is 4.74 Å². The topological polar surface area (TPSA) is 24.5 Å². The number of piperazine rings is 1. The average molecular weight is 280 g/mol. The van der Waals surface area contributed by atoms with Crippen LogP contribution >= 0.6 is 0 Å². The minimum absolute atomic E-state index is 0.108. The second-order valence-corrected chi connectivity index (χ2v) is 7.79. The van der Waals surface area contributed by atoms with Gasteiger partial charge in [0, 0.05) is 31.7 Å². The monoisotopic (exact) mass is 280 g/mol. The Kier molecular flexibility index (Phi) is 4.40. The van der Waals surface area contributed by atoms with Crippen LogP contribution in [0.15, 0.2) is 0 Å². The number of rotatable bonds is 5. The van der Waals surface area contributed by atoms with Crippen LogP contribution in [0.5, 0.6) is 0 Å². The third kappa shape index (κ3) is 3.55. The highest BCUT2D eigenvalue weighted by Gasteiger charge is 2.41. The van der Waals surface area contributed by atoms with E-state index in [0.717, 1.165) is 18.5 Å². The molecule has 3 atom stereocenters. The van der Waals surface area contributed by atoms with E-state index in [1.807, 2.05) is 0 Å². The van der Waals surface area contributed by atoms with Crippen molar-refractivity contribution in [1.29, 1.82) is 0 Å². The minimum atomic E-state index is 0.108. The van der Waals surface area contributed by atoms with Crippen LogP contribution in [0.3, 0.4) is 0 Å². The summed E-state index contributed by atoms with van der Waals surface area (Å²) in [6.45, 7) is 10.4. The second kappa shape index (κ2) is 5.94. The van der Waals surface area contributed by atoms with Gasteiger partial charge in [-0.2, -0.15) is 0 Å². The normalized spacial score (nSPS) is 38.2. The highest BCUT2D eigenvalue weighted by atomic mass is 16.5. The molecule has 2 saturated heterocycles. The average Bonchev–Trinajstić information content (AvgIpc) is 3.16. The molecule has 0 aromatic carbocycles. The molecule has 0 radical (unpaired) electrons. The van der Waals surface area contributed by atoms with E-state index in [1.54, 1.807) is 0 Å². The lowest BCUT2D eigenvalue weighted by atomic mass is 10.0. The van der Waals surface area contributed by atoms with Gasteiger partial charge in [-0.15, -0.1) is 0 Å². The third-order valence-electron chi connectivity index (χ3n) is 5.34. The SMILES string of the molecule is CCCC1CN(CC2CCC(C)(C)O2)C(C2CC2)CN1. The lowest BCUT2D eigenvalue weighted by molar-refractivity contribution is -0.0403. The molecule has 0 aromatic heterocycles. The molecule has 3 fully saturated rings. The Hall–Kier alpha value is -0.120. The van der Waals surface area contributed by atoms with Gasteiger partial charge in [0.25, 0.3) is 0 Å². The fraction of sp³-hybridized carbons (Fsp3) is 1.00. The summed E-state index contributed by atoms with van der Waals surface area (Å²) in [5, 5.41) is 3.78. The molecule has 0 spiro atoms. The quantitative estimate of drug-likeness (QED) is 0.838. The number of hydrogen-bond donors (Lipinski definition) is 1. The van der Waals surface area contributed by atoms with Gasteiger partial charge in [-0.1, -0.05) is 13.3 Å². The Balaban J connectivity index is 1.58. The van der Waals surface area contributed by atoms with Gasteiger partial charge in [-0.05, 0) is 51.9 Å². The summed E-state index contributed by atoms with van der Waals surface area (Å²) >= 11 is 0. The molecule has 1 aliphatic carbocycles. The van der Waals surface area contributed by atoms with Crippen molar-refractivity contribution < 1.29 is 4.74 Å². The Morgan fingerprint density at radius 3 is 2.65 bits per heavy atom. The van der Waals surface area contributed by atoms with E-state index in [9.17, 15) is 0 Å². The molecule has 3 nitrogen and oxygen atoms in total. The van der Waals surface area contributed by atoms with Crippen LogP contribution in [0.2, 0.25) is 0 Å². The fourth-order valence-electron chi connectivity index (χ4n) is 4.06. The summed E-state index contributed by atoms with van der Waals surface area (Å²) < 4.78 is 6.23. The van der Waals surface area contributed by atoms with Crippen molar-refractivity contribution in [2.75, 3.05) is 19.6 Å². The molecule has 116 valence electrons. The van der Waals surface area contributed by atoms with E-state index in [-0.39, 0.29) is 5.60 Å². The van der Waals surface area contributed by atoms with Crippen LogP contribution < -0.4 is 5.32 Å². The number of nitrogens with zero attached hydrogens (tertiary/aromatic N) is 1. The van der Waals surface area contributed by atoms with Crippen molar-refractivity contribution in [3.8, 4) is 0 Å². The van der Waals surface area contributed by atoms with Gasteiger partial charge in [0.2, 0.25) is 0 Å². The second-order valence-electron chi connectivity index (χ2n) is 7.79. The molecule has 20 heavy (non-hydrogen) atoms. The maximum absolute atomic E-state index is 6.23. The van der Waals surface area contributed by atoms with Gasteiger partial charge in [0.1, 0.15) is 0 Å². The first-order valence-electron chi connectivity index (χ1n) is 8.72. The number of nitrogens with one attached hydrogen (secondary N) is 1. The van der Waals surface area contributed by atoms with E-state index in [1.165, 1.54) is 51.6 Å². The first kappa shape index (κ1) is 14.8. The van der Waals surface area contributed by atoms with Crippen LogP contribution in [-0.4, -0.2) is 48.3 Å². The smallest absolute Gasteiger partial charge is 0.0710 e. The Morgan fingerprint density at radius 1 is 1.25 bits per heavy atom. The first-order valence-corrected chi connectivity index (χ1v) is 8.72. The van der Waals surface area contributed by atoms with Gasteiger partial charge in [0.15, 0.2) is 0 Å². The van der Waals surface area contributed by atoms with Crippen molar-refractivity contribution >= 4 is 0 Å². The lowest BCUT2D eigenvalue weighted by Crippen LogP contribution is -2.58. The van der Waals surface area contributed by atoms with Crippen LogP contribution in [0.4, 0.5) is 0 Å². The Bertz CT molecular complexity index is 327. The molecule has 1 saturated carbocycles. The lowest BCUT2D eigenvalue weighted by Gasteiger charge is -2.42. The summed E-state index contributed by atoms with van der Waals surface area (Å²) in [4.78, 5) is 2.76. The van der Waals surface area contributed by atoms with Gasteiger partial charge in [-0.25, -0.2) is 0 Å². The zero-order chi connectivity index (χ0) is 14.2. The zero-order valence-electron chi connectivity index (χ0n) is 13.5. The number of ether oxygens (including phenoxy) is 1. The van der Waals surface area contributed by atoms with E-state index in [0.29, 0.717) is 12.1 Å². The minimum Gasteiger partial charge on any atom is -0.371 e. The summed E-state index contributed by atoms with van der Waals surface area (Å²) in [7, 11) is 0. The summed E-state index contributed by atoms with van der Waals surface area (Å²) in [5.74, 6) is 0.958. The van der Waals surface area contributed by atoms with Crippen LogP contribution in [0, 0.1) is 5.92 Å². The van der Waals surface area contributed by atoms with Gasteiger partial charge in [0.05, 0.1) is 11.7 Å².